The molecule has 1 amide bonds. The zero-order valence-electron chi connectivity index (χ0n) is 12.7. The molecule has 3 aromatic rings. The molecule has 0 unspecified atom stereocenters. The average molecular weight is 345 g/mol. The first kappa shape index (κ1) is 16.0. The van der Waals surface area contributed by atoms with E-state index in [-0.39, 0.29) is 11.1 Å². The second-order valence-electron chi connectivity index (χ2n) is 4.92. The van der Waals surface area contributed by atoms with E-state index >= 15 is 0 Å². The van der Waals surface area contributed by atoms with Crippen molar-refractivity contribution in [3.8, 4) is 5.75 Å². The summed E-state index contributed by atoms with van der Waals surface area (Å²) in [7, 11) is 0. The van der Waals surface area contributed by atoms with Crippen molar-refractivity contribution in [3.63, 3.8) is 0 Å². The molecule has 0 saturated heterocycles. The van der Waals surface area contributed by atoms with Crippen LogP contribution in [0.15, 0.2) is 51.9 Å². The Morgan fingerprint density at radius 2 is 2.12 bits per heavy atom. The van der Waals surface area contributed by atoms with Crippen LogP contribution in [-0.4, -0.2) is 17.5 Å². The molecule has 3 rings (SSSR count). The summed E-state index contributed by atoms with van der Waals surface area (Å²) >= 11 is 5.85. The lowest BCUT2D eigenvalue weighted by Gasteiger charge is -2.08. The quantitative estimate of drug-likeness (QED) is 0.733. The minimum absolute atomic E-state index is 0.198. The lowest BCUT2D eigenvalue weighted by atomic mass is 10.1. The van der Waals surface area contributed by atoms with Gasteiger partial charge in [0.25, 0.3) is 5.91 Å². The Bertz CT molecular complexity index is 968. The summed E-state index contributed by atoms with van der Waals surface area (Å²) < 4.78 is 10.5. The SMILES string of the molecule is CCOc1ccc2c(C(=O)Nc3cncc(Cl)c3)cc(=O)oc2c1. The van der Waals surface area contributed by atoms with Crippen LogP contribution < -0.4 is 15.7 Å². The van der Waals surface area contributed by atoms with Crippen molar-refractivity contribution >= 4 is 34.2 Å². The fourth-order valence-electron chi connectivity index (χ4n) is 2.27. The van der Waals surface area contributed by atoms with E-state index in [1.807, 2.05) is 6.92 Å². The number of carbonyl (C=O) groups is 1. The van der Waals surface area contributed by atoms with Crippen molar-refractivity contribution in [3.05, 3.63) is 63.7 Å². The molecule has 0 bridgehead atoms. The monoisotopic (exact) mass is 344 g/mol. The van der Waals surface area contributed by atoms with E-state index in [1.165, 1.54) is 12.4 Å². The number of amides is 1. The maximum absolute atomic E-state index is 12.5. The van der Waals surface area contributed by atoms with E-state index in [9.17, 15) is 9.59 Å². The van der Waals surface area contributed by atoms with Crippen LogP contribution in [0.2, 0.25) is 5.02 Å². The number of aromatic nitrogens is 1. The molecule has 1 aromatic carbocycles. The Labute approximate surface area is 142 Å². The van der Waals surface area contributed by atoms with E-state index in [0.717, 1.165) is 6.07 Å². The number of nitrogens with one attached hydrogen (secondary N) is 1. The van der Waals surface area contributed by atoms with Crippen LogP contribution in [0.1, 0.15) is 17.3 Å². The van der Waals surface area contributed by atoms with E-state index in [0.29, 0.717) is 28.5 Å². The number of nitrogens with zero attached hydrogens (tertiary/aromatic N) is 1. The Morgan fingerprint density at radius 1 is 1.29 bits per heavy atom. The molecule has 0 fully saturated rings. The van der Waals surface area contributed by atoms with Gasteiger partial charge >= 0.3 is 5.63 Å². The molecule has 2 heterocycles. The number of carbonyl (C=O) groups excluding carboxylic acids is 1. The first-order valence-electron chi connectivity index (χ1n) is 7.19. The van der Waals surface area contributed by atoms with Crippen LogP contribution in [0.5, 0.6) is 5.75 Å². The second kappa shape index (κ2) is 6.72. The molecule has 0 saturated carbocycles. The third-order valence-corrected chi connectivity index (χ3v) is 3.44. The van der Waals surface area contributed by atoms with Gasteiger partial charge in [0, 0.05) is 23.7 Å². The highest BCUT2D eigenvalue weighted by Gasteiger charge is 2.14. The Morgan fingerprint density at radius 3 is 2.88 bits per heavy atom. The molecule has 0 aliphatic carbocycles. The number of halogens is 1. The Balaban J connectivity index is 2.01. The number of hydrogen-bond donors (Lipinski definition) is 1. The molecule has 0 spiro atoms. The van der Waals surface area contributed by atoms with Gasteiger partial charge in [-0.2, -0.15) is 0 Å². The third-order valence-electron chi connectivity index (χ3n) is 3.23. The molecular formula is C17H13ClN2O4. The normalized spacial score (nSPS) is 10.6. The number of hydrogen-bond acceptors (Lipinski definition) is 5. The largest absolute Gasteiger partial charge is 0.494 e. The van der Waals surface area contributed by atoms with Crippen LogP contribution in [0.4, 0.5) is 5.69 Å². The zero-order chi connectivity index (χ0) is 17.1. The molecule has 2 aromatic heterocycles. The fraction of sp³-hybridized carbons (Fsp3) is 0.118. The number of benzene rings is 1. The number of fused-ring (bicyclic) bond motifs is 1. The van der Waals surface area contributed by atoms with Gasteiger partial charge in [-0.1, -0.05) is 11.6 Å². The van der Waals surface area contributed by atoms with Gasteiger partial charge in [0.2, 0.25) is 0 Å². The first-order chi connectivity index (χ1) is 11.6. The van der Waals surface area contributed by atoms with Crippen LogP contribution in [0, 0.1) is 0 Å². The van der Waals surface area contributed by atoms with Crippen molar-refractivity contribution in [2.45, 2.75) is 6.92 Å². The van der Waals surface area contributed by atoms with Crippen LogP contribution in [0.25, 0.3) is 11.0 Å². The van der Waals surface area contributed by atoms with Crippen LogP contribution >= 0.6 is 11.6 Å². The van der Waals surface area contributed by atoms with Crippen LogP contribution in [-0.2, 0) is 0 Å². The Hall–Kier alpha value is -2.86. The lowest BCUT2D eigenvalue weighted by Crippen LogP contribution is -2.15. The summed E-state index contributed by atoms with van der Waals surface area (Å²) in [4.78, 5) is 28.2. The summed E-state index contributed by atoms with van der Waals surface area (Å²) in [6, 6.07) is 7.68. The molecule has 122 valence electrons. The van der Waals surface area contributed by atoms with Gasteiger partial charge in [-0.3, -0.25) is 9.78 Å². The highest BCUT2D eigenvalue weighted by Crippen LogP contribution is 2.23. The van der Waals surface area contributed by atoms with Gasteiger partial charge < -0.3 is 14.5 Å². The molecule has 0 aliphatic rings. The summed E-state index contributed by atoms with van der Waals surface area (Å²) in [6.07, 6.45) is 2.92. The molecule has 0 atom stereocenters. The smallest absolute Gasteiger partial charge is 0.337 e. The second-order valence-corrected chi connectivity index (χ2v) is 5.35. The number of ether oxygens (including phenoxy) is 1. The van der Waals surface area contributed by atoms with Crippen molar-refractivity contribution in [2.75, 3.05) is 11.9 Å². The minimum atomic E-state index is -0.620. The zero-order valence-corrected chi connectivity index (χ0v) is 13.5. The van der Waals surface area contributed by atoms with Gasteiger partial charge in [0.1, 0.15) is 11.3 Å². The van der Waals surface area contributed by atoms with Gasteiger partial charge in [-0.15, -0.1) is 0 Å². The maximum Gasteiger partial charge on any atom is 0.337 e. The average Bonchev–Trinajstić information content (AvgIpc) is 2.54. The van der Waals surface area contributed by atoms with Crippen molar-refractivity contribution < 1.29 is 13.9 Å². The Kier molecular flexibility index (Phi) is 4.48. The lowest BCUT2D eigenvalue weighted by molar-refractivity contribution is 0.102. The van der Waals surface area contributed by atoms with Crippen molar-refractivity contribution in [2.24, 2.45) is 0 Å². The van der Waals surface area contributed by atoms with Crippen molar-refractivity contribution in [1.82, 2.24) is 4.98 Å². The summed E-state index contributed by atoms with van der Waals surface area (Å²) in [5.74, 6) is 0.103. The van der Waals surface area contributed by atoms with Gasteiger partial charge in [0.05, 0.1) is 29.1 Å². The standard InChI is InChI=1S/C17H13ClN2O4/c1-2-23-12-3-4-13-14(7-16(21)24-15(13)6-12)17(22)20-11-5-10(18)8-19-9-11/h3-9H,2H2,1H3,(H,20,22). The number of rotatable bonds is 4. The van der Waals surface area contributed by atoms with Crippen LogP contribution in [0.3, 0.4) is 0 Å². The number of anilines is 1. The van der Waals surface area contributed by atoms with E-state index in [4.69, 9.17) is 20.8 Å². The molecule has 7 heteroatoms. The highest BCUT2D eigenvalue weighted by molar-refractivity contribution is 6.30. The van der Waals surface area contributed by atoms with Crippen molar-refractivity contribution in [1.29, 1.82) is 0 Å². The predicted octanol–water partition coefficient (Wildman–Crippen LogP) is 3.49. The topological polar surface area (TPSA) is 81.4 Å². The van der Waals surface area contributed by atoms with Gasteiger partial charge in [-0.05, 0) is 25.1 Å². The van der Waals surface area contributed by atoms with E-state index in [2.05, 4.69) is 10.3 Å². The van der Waals surface area contributed by atoms with E-state index < -0.39 is 11.5 Å². The number of pyridine rings is 1. The minimum Gasteiger partial charge on any atom is -0.494 e. The summed E-state index contributed by atoms with van der Waals surface area (Å²) in [5, 5.41) is 3.56. The molecule has 6 nitrogen and oxygen atoms in total. The third kappa shape index (κ3) is 3.38. The van der Waals surface area contributed by atoms with Gasteiger partial charge in [-0.25, -0.2) is 4.79 Å². The maximum atomic E-state index is 12.5. The van der Waals surface area contributed by atoms with Gasteiger partial charge in [0.15, 0.2) is 0 Å². The molecule has 0 radical (unpaired) electrons. The molecule has 24 heavy (non-hydrogen) atoms. The molecule has 0 aliphatic heterocycles. The predicted molar refractivity (Wildman–Crippen MR) is 90.9 cm³/mol. The summed E-state index contributed by atoms with van der Waals surface area (Å²) in [5.41, 5.74) is 0.289. The molecular weight excluding hydrogens is 332 g/mol. The highest BCUT2D eigenvalue weighted by atomic mass is 35.5. The summed E-state index contributed by atoms with van der Waals surface area (Å²) in [6.45, 7) is 2.33. The molecule has 1 N–H and O–H groups in total. The van der Waals surface area contributed by atoms with E-state index in [1.54, 1.807) is 24.3 Å². The first-order valence-corrected chi connectivity index (χ1v) is 7.57. The fourth-order valence-corrected chi connectivity index (χ4v) is 2.44.